The van der Waals surface area contributed by atoms with Gasteiger partial charge in [-0.15, -0.1) is 0 Å². The van der Waals surface area contributed by atoms with Crippen molar-refractivity contribution in [2.45, 2.75) is 19.9 Å². The standard InChI is InChI=1S/C10H18N4/c1-9-2-3-13(7-9)4-5-14-8-10(11)6-12-14/h6,8-9H,2-5,7,11H2,1H3. The third kappa shape index (κ3) is 2.26. The van der Waals surface area contributed by atoms with Crippen LogP contribution in [-0.2, 0) is 6.54 Å². The first kappa shape index (κ1) is 9.52. The summed E-state index contributed by atoms with van der Waals surface area (Å²) < 4.78 is 1.92. The number of hydrogen-bond donors (Lipinski definition) is 1. The first-order valence-corrected chi connectivity index (χ1v) is 5.24. The zero-order valence-corrected chi connectivity index (χ0v) is 8.69. The van der Waals surface area contributed by atoms with Gasteiger partial charge in [-0.25, -0.2) is 0 Å². The Labute approximate surface area is 84.7 Å². The van der Waals surface area contributed by atoms with Gasteiger partial charge >= 0.3 is 0 Å². The molecular weight excluding hydrogens is 176 g/mol. The molecule has 0 spiro atoms. The molecule has 0 aromatic carbocycles. The third-order valence-electron chi connectivity index (χ3n) is 2.81. The molecule has 1 saturated heterocycles. The van der Waals surface area contributed by atoms with Gasteiger partial charge in [-0.2, -0.15) is 5.10 Å². The number of hydrogen-bond acceptors (Lipinski definition) is 3. The summed E-state index contributed by atoms with van der Waals surface area (Å²) >= 11 is 0. The highest BCUT2D eigenvalue weighted by Gasteiger charge is 2.17. The average Bonchev–Trinajstić information content (AvgIpc) is 2.72. The topological polar surface area (TPSA) is 47.1 Å². The summed E-state index contributed by atoms with van der Waals surface area (Å²) in [7, 11) is 0. The van der Waals surface area contributed by atoms with Crippen molar-refractivity contribution in [3.8, 4) is 0 Å². The summed E-state index contributed by atoms with van der Waals surface area (Å²) in [5.41, 5.74) is 6.34. The van der Waals surface area contributed by atoms with Crippen LogP contribution in [0.3, 0.4) is 0 Å². The lowest BCUT2D eigenvalue weighted by molar-refractivity contribution is 0.306. The van der Waals surface area contributed by atoms with Crippen LogP contribution >= 0.6 is 0 Å². The van der Waals surface area contributed by atoms with Crippen LogP contribution in [-0.4, -0.2) is 34.3 Å². The van der Waals surface area contributed by atoms with E-state index in [9.17, 15) is 0 Å². The van der Waals surface area contributed by atoms with Crippen LogP contribution in [0, 0.1) is 5.92 Å². The van der Waals surface area contributed by atoms with Crippen LogP contribution < -0.4 is 5.73 Å². The Morgan fingerprint density at radius 3 is 3.00 bits per heavy atom. The summed E-state index contributed by atoms with van der Waals surface area (Å²) in [5.74, 6) is 0.859. The fraction of sp³-hybridized carbons (Fsp3) is 0.700. The van der Waals surface area contributed by atoms with E-state index in [0.29, 0.717) is 0 Å². The van der Waals surface area contributed by atoms with Crippen LogP contribution in [0.15, 0.2) is 12.4 Å². The van der Waals surface area contributed by atoms with Gasteiger partial charge < -0.3 is 10.6 Å². The Kier molecular flexibility index (Phi) is 2.72. The van der Waals surface area contributed by atoms with Gasteiger partial charge in [0.25, 0.3) is 0 Å². The molecule has 0 radical (unpaired) electrons. The lowest BCUT2D eigenvalue weighted by Crippen LogP contribution is -2.25. The molecule has 1 aromatic rings. The van der Waals surface area contributed by atoms with E-state index in [-0.39, 0.29) is 0 Å². The lowest BCUT2D eigenvalue weighted by atomic mass is 10.2. The van der Waals surface area contributed by atoms with Crippen LogP contribution in [0.25, 0.3) is 0 Å². The Bertz CT molecular complexity index is 294. The van der Waals surface area contributed by atoms with E-state index in [2.05, 4.69) is 16.9 Å². The van der Waals surface area contributed by atoms with Gasteiger partial charge in [0.2, 0.25) is 0 Å². The molecule has 4 nitrogen and oxygen atoms in total. The second kappa shape index (κ2) is 4.00. The van der Waals surface area contributed by atoms with E-state index in [4.69, 9.17) is 5.73 Å². The minimum absolute atomic E-state index is 0.750. The number of rotatable bonds is 3. The fourth-order valence-corrected chi connectivity index (χ4v) is 1.98. The molecular formula is C10H18N4. The van der Waals surface area contributed by atoms with Gasteiger partial charge in [-0.1, -0.05) is 6.92 Å². The Morgan fingerprint density at radius 1 is 1.57 bits per heavy atom. The molecule has 1 atom stereocenters. The van der Waals surface area contributed by atoms with E-state index in [1.165, 1.54) is 19.5 Å². The van der Waals surface area contributed by atoms with Crippen molar-refractivity contribution in [1.29, 1.82) is 0 Å². The lowest BCUT2D eigenvalue weighted by Gasteiger charge is -2.14. The quantitative estimate of drug-likeness (QED) is 0.774. The summed E-state index contributed by atoms with van der Waals surface area (Å²) in [6, 6.07) is 0. The molecule has 14 heavy (non-hydrogen) atoms. The minimum atomic E-state index is 0.750. The van der Waals surface area contributed by atoms with Crippen molar-refractivity contribution in [1.82, 2.24) is 14.7 Å². The highest BCUT2D eigenvalue weighted by Crippen LogP contribution is 2.14. The van der Waals surface area contributed by atoms with E-state index in [1.807, 2.05) is 10.9 Å². The number of nitrogens with zero attached hydrogens (tertiary/aromatic N) is 3. The summed E-state index contributed by atoms with van der Waals surface area (Å²) in [5, 5.41) is 4.16. The third-order valence-corrected chi connectivity index (χ3v) is 2.81. The smallest absolute Gasteiger partial charge is 0.0719 e. The molecule has 0 bridgehead atoms. The molecule has 0 aliphatic carbocycles. The molecule has 1 aromatic heterocycles. The van der Waals surface area contributed by atoms with Gasteiger partial charge in [0.05, 0.1) is 18.4 Å². The predicted molar refractivity (Wildman–Crippen MR) is 56.9 cm³/mol. The highest BCUT2D eigenvalue weighted by molar-refractivity contribution is 5.30. The monoisotopic (exact) mass is 194 g/mol. The number of nitrogen functional groups attached to an aromatic ring is 1. The summed E-state index contributed by atoms with van der Waals surface area (Å²) in [6.07, 6.45) is 4.92. The molecule has 1 aliphatic rings. The zero-order valence-electron chi connectivity index (χ0n) is 8.69. The van der Waals surface area contributed by atoms with Crippen molar-refractivity contribution in [2.75, 3.05) is 25.4 Å². The van der Waals surface area contributed by atoms with Gasteiger partial charge in [-0.05, 0) is 18.9 Å². The van der Waals surface area contributed by atoms with Crippen LogP contribution in [0.1, 0.15) is 13.3 Å². The van der Waals surface area contributed by atoms with Gasteiger partial charge in [-0.3, -0.25) is 4.68 Å². The Morgan fingerprint density at radius 2 is 2.43 bits per heavy atom. The van der Waals surface area contributed by atoms with Crippen LogP contribution in [0.5, 0.6) is 0 Å². The SMILES string of the molecule is CC1CCN(CCn2cc(N)cn2)C1. The van der Waals surface area contributed by atoms with E-state index >= 15 is 0 Å². The molecule has 4 heteroatoms. The van der Waals surface area contributed by atoms with E-state index in [1.54, 1.807) is 6.20 Å². The van der Waals surface area contributed by atoms with Crippen molar-refractivity contribution in [3.63, 3.8) is 0 Å². The molecule has 0 saturated carbocycles. The number of aromatic nitrogens is 2. The summed E-state index contributed by atoms with van der Waals surface area (Å²) in [4.78, 5) is 2.49. The van der Waals surface area contributed by atoms with Crippen molar-refractivity contribution in [3.05, 3.63) is 12.4 Å². The average molecular weight is 194 g/mol. The Balaban J connectivity index is 1.77. The Hall–Kier alpha value is -1.03. The maximum absolute atomic E-state index is 5.59. The normalized spacial score (nSPS) is 23.1. The van der Waals surface area contributed by atoms with E-state index < -0.39 is 0 Å². The molecule has 1 fully saturated rings. The zero-order chi connectivity index (χ0) is 9.97. The highest BCUT2D eigenvalue weighted by atomic mass is 15.3. The van der Waals surface area contributed by atoms with Gasteiger partial charge in [0.15, 0.2) is 0 Å². The minimum Gasteiger partial charge on any atom is -0.396 e. The first-order valence-electron chi connectivity index (χ1n) is 5.24. The summed E-state index contributed by atoms with van der Waals surface area (Å²) in [6.45, 7) is 6.82. The van der Waals surface area contributed by atoms with Gasteiger partial charge in [0, 0.05) is 19.3 Å². The molecule has 2 heterocycles. The molecule has 78 valence electrons. The van der Waals surface area contributed by atoms with Crippen molar-refractivity contribution < 1.29 is 0 Å². The van der Waals surface area contributed by atoms with Gasteiger partial charge in [0.1, 0.15) is 0 Å². The maximum atomic E-state index is 5.59. The van der Waals surface area contributed by atoms with Crippen molar-refractivity contribution >= 4 is 5.69 Å². The molecule has 1 aliphatic heterocycles. The molecule has 1 unspecified atom stereocenters. The number of nitrogens with two attached hydrogens (primary N) is 1. The van der Waals surface area contributed by atoms with Crippen LogP contribution in [0.2, 0.25) is 0 Å². The first-order chi connectivity index (χ1) is 6.74. The largest absolute Gasteiger partial charge is 0.396 e. The number of anilines is 1. The van der Waals surface area contributed by atoms with Crippen LogP contribution in [0.4, 0.5) is 5.69 Å². The predicted octanol–water partition coefficient (Wildman–Crippen LogP) is 0.807. The number of likely N-dealkylation sites (tertiary alicyclic amines) is 1. The molecule has 2 N–H and O–H groups in total. The second-order valence-electron chi connectivity index (χ2n) is 4.23. The fourth-order valence-electron chi connectivity index (χ4n) is 1.98. The maximum Gasteiger partial charge on any atom is 0.0719 e. The second-order valence-corrected chi connectivity index (χ2v) is 4.23. The molecule has 2 rings (SSSR count). The van der Waals surface area contributed by atoms with Crippen molar-refractivity contribution in [2.24, 2.45) is 5.92 Å². The molecule has 0 amide bonds. The van der Waals surface area contributed by atoms with E-state index in [0.717, 1.165) is 24.7 Å².